The summed E-state index contributed by atoms with van der Waals surface area (Å²) in [6.45, 7) is 1.41. The van der Waals surface area contributed by atoms with E-state index in [2.05, 4.69) is 10.6 Å². The Bertz CT molecular complexity index is 372. The average Bonchev–Trinajstić information content (AvgIpc) is 3.05. The fourth-order valence-corrected chi connectivity index (χ4v) is 3.89. The van der Waals surface area contributed by atoms with Gasteiger partial charge in [0.05, 0.1) is 0 Å². The quantitative estimate of drug-likeness (QED) is 0.598. The van der Waals surface area contributed by atoms with E-state index in [0.717, 1.165) is 45.1 Å². The van der Waals surface area contributed by atoms with Crippen LogP contribution >= 0.6 is 0 Å². The van der Waals surface area contributed by atoms with Crippen LogP contribution in [0.4, 0.5) is 0 Å². The van der Waals surface area contributed by atoms with Gasteiger partial charge in [-0.1, -0.05) is 12.8 Å². The Balaban J connectivity index is 1.59. The molecular formula is C18H33N3O2. The number of hydrogen-bond acceptors (Lipinski definition) is 3. The molecule has 0 aliphatic heterocycles. The van der Waals surface area contributed by atoms with Crippen molar-refractivity contribution in [3.63, 3.8) is 0 Å². The molecule has 2 rings (SSSR count). The van der Waals surface area contributed by atoms with Crippen molar-refractivity contribution in [1.29, 1.82) is 0 Å². The van der Waals surface area contributed by atoms with Crippen molar-refractivity contribution in [2.75, 3.05) is 13.1 Å². The molecule has 23 heavy (non-hydrogen) atoms. The van der Waals surface area contributed by atoms with E-state index < -0.39 is 0 Å². The Hall–Kier alpha value is -1.10. The summed E-state index contributed by atoms with van der Waals surface area (Å²) in [5.74, 6) is 1.12. The molecule has 0 unspecified atom stereocenters. The Morgan fingerprint density at radius 3 is 2.30 bits per heavy atom. The molecule has 2 fully saturated rings. The molecule has 5 heteroatoms. The van der Waals surface area contributed by atoms with Crippen molar-refractivity contribution in [2.24, 2.45) is 17.6 Å². The second-order valence-corrected chi connectivity index (χ2v) is 7.26. The number of carbonyl (C=O) groups excluding carboxylic acids is 2. The first-order chi connectivity index (χ1) is 11.2. The molecule has 2 amide bonds. The second kappa shape index (κ2) is 9.91. The lowest BCUT2D eigenvalue weighted by molar-refractivity contribution is -0.126. The van der Waals surface area contributed by atoms with Crippen molar-refractivity contribution >= 4 is 11.8 Å². The third-order valence-corrected chi connectivity index (χ3v) is 5.34. The van der Waals surface area contributed by atoms with Gasteiger partial charge in [0.1, 0.15) is 0 Å². The fourth-order valence-electron chi connectivity index (χ4n) is 3.89. The van der Waals surface area contributed by atoms with Crippen LogP contribution in [0.1, 0.15) is 70.6 Å². The molecule has 0 spiro atoms. The van der Waals surface area contributed by atoms with Gasteiger partial charge in [-0.25, -0.2) is 0 Å². The van der Waals surface area contributed by atoms with E-state index in [1.54, 1.807) is 0 Å². The predicted molar refractivity (Wildman–Crippen MR) is 91.8 cm³/mol. The second-order valence-electron chi connectivity index (χ2n) is 7.26. The first-order valence-electron chi connectivity index (χ1n) is 9.46. The van der Waals surface area contributed by atoms with Gasteiger partial charge in [0.15, 0.2) is 0 Å². The minimum absolute atomic E-state index is 0.121. The lowest BCUT2D eigenvalue weighted by Gasteiger charge is -2.28. The Morgan fingerprint density at radius 1 is 0.957 bits per heavy atom. The highest BCUT2D eigenvalue weighted by molar-refractivity contribution is 5.79. The van der Waals surface area contributed by atoms with Crippen molar-refractivity contribution in [1.82, 2.24) is 10.6 Å². The largest absolute Gasteiger partial charge is 0.356 e. The molecule has 0 aromatic heterocycles. The first-order valence-corrected chi connectivity index (χ1v) is 9.46. The number of carbonyl (C=O) groups is 2. The molecule has 5 nitrogen and oxygen atoms in total. The predicted octanol–water partition coefficient (Wildman–Crippen LogP) is 2.10. The zero-order valence-corrected chi connectivity index (χ0v) is 14.3. The smallest absolute Gasteiger partial charge is 0.223 e. The molecule has 132 valence electrons. The van der Waals surface area contributed by atoms with Crippen LogP contribution in [-0.2, 0) is 9.59 Å². The van der Waals surface area contributed by atoms with Gasteiger partial charge >= 0.3 is 0 Å². The lowest BCUT2D eigenvalue weighted by atomic mass is 9.85. The van der Waals surface area contributed by atoms with Crippen molar-refractivity contribution in [2.45, 2.75) is 76.7 Å². The highest BCUT2D eigenvalue weighted by atomic mass is 16.2. The highest BCUT2D eigenvalue weighted by Crippen LogP contribution is 2.28. The molecule has 0 aromatic carbocycles. The van der Waals surface area contributed by atoms with Crippen molar-refractivity contribution < 1.29 is 9.59 Å². The Labute approximate surface area is 140 Å². The summed E-state index contributed by atoms with van der Waals surface area (Å²) in [6.07, 6.45) is 11.2. The first kappa shape index (κ1) is 18.2. The molecule has 0 saturated heterocycles. The van der Waals surface area contributed by atoms with E-state index in [-0.39, 0.29) is 23.8 Å². The number of hydrogen-bond donors (Lipinski definition) is 3. The molecule has 2 saturated carbocycles. The van der Waals surface area contributed by atoms with Gasteiger partial charge in [-0.2, -0.15) is 0 Å². The van der Waals surface area contributed by atoms with Gasteiger partial charge < -0.3 is 16.4 Å². The van der Waals surface area contributed by atoms with Crippen LogP contribution in [-0.4, -0.2) is 30.9 Å². The van der Waals surface area contributed by atoms with Gasteiger partial charge in [-0.05, 0) is 63.8 Å². The lowest BCUT2D eigenvalue weighted by Crippen LogP contribution is -2.41. The van der Waals surface area contributed by atoms with Crippen LogP contribution in [0.3, 0.4) is 0 Å². The minimum atomic E-state index is 0.121. The molecule has 0 aromatic rings. The van der Waals surface area contributed by atoms with Crippen LogP contribution in [0.15, 0.2) is 0 Å². The van der Waals surface area contributed by atoms with Crippen LogP contribution in [0.5, 0.6) is 0 Å². The normalized spacial score (nSPS) is 25.3. The summed E-state index contributed by atoms with van der Waals surface area (Å²) in [7, 11) is 0. The Kier molecular flexibility index (Phi) is 7.86. The standard InChI is InChI=1S/C18H33N3O2/c19-11-3-4-12-20-18(23)15-7-9-16(10-8-15)21-17(22)13-14-5-1-2-6-14/h14-16H,1-13,19H2,(H,20,23)(H,21,22). The zero-order chi connectivity index (χ0) is 16.5. The van der Waals surface area contributed by atoms with Gasteiger partial charge in [0.2, 0.25) is 11.8 Å². The van der Waals surface area contributed by atoms with Crippen molar-refractivity contribution in [3.05, 3.63) is 0 Å². The molecule has 2 aliphatic rings. The summed E-state index contributed by atoms with van der Waals surface area (Å²) in [5, 5.41) is 6.19. The van der Waals surface area contributed by atoms with E-state index in [1.807, 2.05) is 0 Å². The summed E-state index contributed by atoms with van der Waals surface area (Å²) in [4.78, 5) is 24.2. The van der Waals surface area contributed by atoms with Crippen LogP contribution < -0.4 is 16.4 Å². The highest BCUT2D eigenvalue weighted by Gasteiger charge is 2.27. The van der Waals surface area contributed by atoms with Crippen LogP contribution in [0, 0.1) is 11.8 Å². The number of nitrogens with two attached hydrogens (primary N) is 1. The summed E-state index contributed by atoms with van der Waals surface area (Å²) >= 11 is 0. The minimum Gasteiger partial charge on any atom is -0.356 e. The number of unbranched alkanes of at least 4 members (excludes halogenated alkanes) is 1. The molecule has 0 atom stereocenters. The summed E-state index contributed by atoms with van der Waals surface area (Å²) < 4.78 is 0. The van der Waals surface area contributed by atoms with Crippen molar-refractivity contribution in [3.8, 4) is 0 Å². The average molecular weight is 323 g/mol. The molecule has 0 heterocycles. The van der Waals surface area contributed by atoms with Gasteiger partial charge in [-0.3, -0.25) is 9.59 Å². The van der Waals surface area contributed by atoms with E-state index >= 15 is 0 Å². The summed E-state index contributed by atoms with van der Waals surface area (Å²) in [6, 6.07) is 0.269. The maximum atomic E-state index is 12.1. The number of amides is 2. The third kappa shape index (κ3) is 6.50. The maximum Gasteiger partial charge on any atom is 0.223 e. The van der Waals surface area contributed by atoms with E-state index in [1.165, 1.54) is 25.7 Å². The fraction of sp³-hybridized carbons (Fsp3) is 0.889. The maximum absolute atomic E-state index is 12.1. The molecule has 4 N–H and O–H groups in total. The number of nitrogens with one attached hydrogen (secondary N) is 2. The third-order valence-electron chi connectivity index (χ3n) is 5.34. The summed E-state index contributed by atoms with van der Waals surface area (Å²) in [5.41, 5.74) is 5.45. The van der Waals surface area contributed by atoms with Crippen LogP contribution in [0.25, 0.3) is 0 Å². The molecular weight excluding hydrogens is 290 g/mol. The van der Waals surface area contributed by atoms with Gasteiger partial charge in [0.25, 0.3) is 0 Å². The molecule has 2 aliphatic carbocycles. The van der Waals surface area contributed by atoms with Crippen LogP contribution in [0.2, 0.25) is 0 Å². The number of rotatable bonds is 8. The van der Waals surface area contributed by atoms with Gasteiger partial charge in [0, 0.05) is 24.9 Å². The monoisotopic (exact) mass is 323 g/mol. The molecule has 0 bridgehead atoms. The Morgan fingerprint density at radius 2 is 1.65 bits per heavy atom. The SMILES string of the molecule is NCCCCNC(=O)C1CCC(NC(=O)CC2CCCC2)CC1. The zero-order valence-electron chi connectivity index (χ0n) is 14.3. The molecule has 0 radical (unpaired) electrons. The topological polar surface area (TPSA) is 84.2 Å². The van der Waals surface area contributed by atoms with E-state index in [0.29, 0.717) is 18.9 Å². The van der Waals surface area contributed by atoms with E-state index in [9.17, 15) is 9.59 Å². The van der Waals surface area contributed by atoms with Gasteiger partial charge in [-0.15, -0.1) is 0 Å². The van der Waals surface area contributed by atoms with E-state index in [4.69, 9.17) is 5.73 Å².